The Hall–Kier alpha value is -2.90. The maximum Gasteiger partial charge on any atom is 0.338 e. The number of urea groups is 1. The van der Waals surface area contributed by atoms with Crippen LogP contribution in [-0.2, 0) is 16.1 Å². The summed E-state index contributed by atoms with van der Waals surface area (Å²) < 4.78 is 5.35. The van der Waals surface area contributed by atoms with Crippen LogP contribution in [0, 0.1) is 0 Å². The third-order valence-corrected chi connectivity index (χ3v) is 5.61. The van der Waals surface area contributed by atoms with E-state index in [9.17, 15) is 14.4 Å². The molecule has 7 nitrogen and oxygen atoms in total. The second kappa shape index (κ2) is 8.85. The Bertz CT molecular complexity index is 927. The first kappa shape index (κ1) is 21.8. The highest BCUT2D eigenvalue weighted by Gasteiger charge is 2.56. The summed E-state index contributed by atoms with van der Waals surface area (Å²) in [5, 5.41) is 3.24. The van der Waals surface area contributed by atoms with Crippen molar-refractivity contribution in [2.75, 3.05) is 25.0 Å². The van der Waals surface area contributed by atoms with Crippen molar-refractivity contribution in [1.82, 2.24) is 10.2 Å². The van der Waals surface area contributed by atoms with Crippen LogP contribution < -0.4 is 10.2 Å². The number of amides is 3. The first-order chi connectivity index (χ1) is 14.0. The molecule has 2 heterocycles. The first-order valence-corrected chi connectivity index (χ1v) is 9.67. The Balaban J connectivity index is 0.00000256. The van der Waals surface area contributed by atoms with Crippen LogP contribution in [0.5, 0.6) is 0 Å². The number of rotatable bonds is 4. The summed E-state index contributed by atoms with van der Waals surface area (Å²) in [4.78, 5) is 40.7. The topological polar surface area (TPSA) is 79.0 Å². The molecule has 2 saturated heterocycles. The third kappa shape index (κ3) is 3.78. The van der Waals surface area contributed by atoms with Gasteiger partial charge in [0.05, 0.1) is 5.56 Å². The molecule has 2 aliphatic rings. The van der Waals surface area contributed by atoms with E-state index in [0.717, 1.165) is 5.56 Å². The van der Waals surface area contributed by atoms with Crippen molar-refractivity contribution < 1.29 is 19.1 Å². The van der Waals surface area contributed by atoms with Gasteiger partial charge in [0.2, 0.25) is 0 Å². The van der Waals surface area contributed by atoms with Crippen molar-refractivity contribution in [3.05, 3.63) is 65.7 Å². The Morgan fingerprint density at radius 2 is 1.67 bits per heavy atom. The second-order valence-electron chi connectivity index (χ2n) is 7.37. The molecule has 0 aliphatic carbocycles. The number of hydrogen-bond acceptors (Lipinski definition) is 5. The van der Waals surface area contributed by atoms with Crippen molar-refractivity contribution in [1.29, 1.82) is 0 Å². The normalized spacial score (nSPS) is 17.8. The van der Waals surface area contributed by atoms with Crippen LogP contribution in [0.4, 0.5) is 10.5 Å². The van der Waals surface area contributed by atoms with E-state index in [1.807, 2.05) is 30.3 Å². The molecule has 0 saturated carbocycles. The summed E-state index contributed by atoms with van der Waals surface area (Å²) in [6.07, 6.45) is 1.12. The molecule has 1 N–H and O–H groups in total. The Morgan fingerprint density at radius 3 is 2.30 bits per heavy atom. The third-order valence-electron chi connectivity index (χ3n) is 5.61. The van der Waals surface area contributed by atoms with E-state index in [4.69, 9.17) is 4.74 Å². The fourth-order valence-corrected chi connectivity index (χ4v) is 4.02. The summed E-state index contributed by atoms with van der Waals surface area (Å²) in [5.74, 6) is -0.603. The molecule has 1 spiro atoms. The van der Waals surface area contributed by atoms with Crippen LogP contribution in [0.2, 0.25) is 0 Å². The van der Waals surface area contributed by atoms with E-state index in [1.165, 1.54) is 11.9 Å². The number of halogens is 1. The van der Waals surface area contributed by atoms with Crippen molar-refractivity contribution in [2.45, 2.75) is 25.0 Å². The minimum absolute atomic E-state index is 0. The SMILES string of the molecule is CN1C(=O)N(c2ccc(C(=O)OCc3ccccc3)cc2)C2(CCNCC2)C1=O.Cl. The molecule has 0 aromatic heterocycles. The average molecular weight is 430 g/mol. The molecule has 30 heavy (non-hydrogen) atoms. The van der Waals surface area contributed by atoms with Gasteiger partial charge in [-0.25, -0.2) is 9.59 Å². The molecule has 2 aromatic carbocycles. The molecule has 3 amide bonds. The number of carbonyl (C=O) groups is 3. The molecule has 0 bridgehead atoms. The van der Waals surface area contributed by atoms with Gasteiger partial charge in [-0.05, 0) is 55.8 Å². The van der Waals surface area contributed by atoms with E-state index in [2.05, 4.69) is 5.32 Å². The van der Waals surface area contributed by atoms with E-state index in [-0.39, 0.29) is 31.0 Å². The number of imide groups is 1. The van der Waals surface area contributed by atoms with Gasteiger partial charge in [0.25, 0.3) is 5.91 Å². The molecule has 0 unspecified atom stereocenters. The van der Waals surface area contributed by atoms with Crippen molar-refractivity contribution >= 4 is 36.0 Å². The lowest BCUT2D eigenvalue weighted by Crippen LogP contribution is -2.56. The summed E-state index contributed by atoms with van der Waals surface area (Å²) in [6.45, 7) is 1.54. The van der Waals surface area contributed by atoms with Gasteiger partial charge in [-0.1, -0.05) is 30.3 Å². The Morgan fingerprint density at radius 1 is 1.03 bits per heavy atom. The number of ether oxygens (including phenoxy) is 1. The Kier molecular flexibility index (Phi) is 6.43. The van der Waals surface area contributed by atoms with Gasteiger partial charge in [-0.3, -0.25) is 14.6 Å². The van der Waals surface area contributed by atoms with E-state index in [0.29, 0.717) is 37.2 Å². The van der Waals surface area contributed by atoms with Crippen LogP contribution in [-0.4, -0.2) is 48.5 Å². The lowest BCUT2D eigenvalue weighted by atomic mass is 9.86. The van der Waals surface area contributed by atoms with E-state index in [1.54, 1.807) is 29.2 Å². The van der Waals surface area contributed by atoms with Crippen LogP contribution in [0.25, 0.3) is 0 Å². The van der Waals surface area contributed by atoms with Crippen LogP contribution in [0.3, 0.4) is 0 Å². The molecule has 2 fully saturated rings. The van der Waals surface area contributed by atoms with Crippen LogP contribution >= 0.6 is 12.4 Å². The zero-order chi connectivity index (χ0) is 20.4. The van der Waals surface area contributed by atoms with Gasteiger partial charge in [0.1, 0.15) is 12.1 Å². The fourth-order valence-electron chi connectivity index (χ4n) is 4.02. The van der Waals surface area contributed by atoms with Gasteiger partial charge in [-0.15, -0.1) is 12.4 Å². The van der Waals surface area contributed by atoms with Crippen molar-refractivity contribution in [3.63, 3.8) is 0 Å². The molecule has 158 valence electrons. The largest absolute Gasteiger partial charge is 0.457 e. The molecule has 4 rings (SSSR count). The summed E-state index contributed by atoms with van der Waals surface area (Å²) in [6, 6.07) is 15.8. The van der Waals surface area contributed by atoms with E-state index < -0.39 is 11.5 Å². The van der Waals surface area contributed by atoms with Gasteiger partial charge < -0.3 is 10.1 Å². The predicted molar refractivity (Wildman–Crippen MR) is 115 cm³/mol. The number of likely N-dealkylation sites (N-methyl/N-ethyl adjacent to an activating group) is 1. The average Bonchev–Trinajstić information content (AvgIpc) is 2.94. The van der Waals surface area contributed by atoms with Crippen molar-refractivity contribution in [2.24, 2.45) is 0 Å². The second-order valence-corrected chi connectivity index (χ2v) is 7.37. The summed E-state index contributed by atoms with van der Waals surface area (Å²) in [7, 11) is 1.52. The quantitative estimate of drug-likeness (QED) is 0.597. The summed E-state index contributed by atoms with van der Waals surface area (Å²) in [5.41, 5.74) is 1.06. The zero-order valence-electron chi connectivity index (χ0n) is 16.7. The molecule has 2 aromatic rings. The number of hydrogen-bond donors (Lipinski definition) is 1. The van der Waals surface area contributed by atoms with Gasteiger partial charge in [-0.2, -0.15) is 0 Å². The van der Waals surface area contributed by atoms with Gasteiger partial charge in [0.15, 0.2) is 0 Å². The van der Waals surface area contributed by atoms with Crippen LogP contribution in [0.1, 0.15) is 28.8 Å². The van der Waals surface area contributed by atoms with Gasteiger partial charge in [0, 0.05) is 12.7 Å². The molecule has 0 atom stereocenters. The highest BCUT2D eigenvalue weighted by Crippen LogP contribution is 2.38. The number of benzene rings is 2. The number of carbonyl (C=O) groups excluding carboxylic acids is 3. The molecular weight excluding hydrogens is 406 g/mol. The lowest BCUT2D eigenvalue weighted by molar-refractivity contribution is -0.130. The summed E-state index contributed by atoms with van der Waals surface area (Å²) >= 11 is 0. The lowest BCUT2D eigenvalue weighted by Gasteiger charge is -2.38. The number of esters is 1. The maximum absolute atomic E-state index is 12.8. The fraction of sp³-hybridized carbons (Fsp3) is 0.318. The predicted octanol–water partition coefficient (Wildman–Crippen LogP) is 2.99. The van der Waals surface area contributed by atoms with E-state index >= 15 is 0 Å². The number of anilines is 1. The molecule has 8 heteroatoms. The number of nitrogens with zero attached hydrogens (tertiary/aromatic N) is 2. The Labute approximate surface area is 181 Å². The molecular formula is C22H24ClN3O4. The maximum atomic E-state index is 12.8. The smallest absolute Gasteiger partial charge is 0.338 e. The monoisotopic (exact) mass is 429 g/mol. The minimum atomic E-state index is -0.855. The highest BCUT2D eigenvalue weighted by molar-refractivity contribution is 6.16. The number of piperidine rings is 1. The van der Waals surface area contributed by atoms with Crippen molar-refractivity contribution in [3.8, 4) is 0 Å². The highest BCUT2D eigenvalue weighted by atomic mass is 35.5. The first-order valence-electron chi connectivity index (χ1n) is 9.67. The standard InChI is InChI=1S/C22H23N3O4.ClH/c1-24-20(27)22(11-13-23-14-12-22)25(21(24)28)18-9-7-17(8-10-18)19(26)29-15-16-5-3-2-4-6-16;/h2-10,23H,11-15H2,1H3;1H. The molecule has 0 radical (unpaired) electrons. The zero-order valence-corrected chi connectivity index (χ0v) is 17.5. The minimum Gasteiger partial charge on any atom is -0.457 e. The van der Waals surface area contributed by atoms with Gasteiger partial charge >= 0.3 is 12.0 Å². The molecule has 2 aliphatic heterocycles. The number of nitrogens with one attached hydrogen (secondary N) is 1. The van der Waals surface area contributed by atoms with Crippen LogP contribution in [0.15, 0.2) is 54.6 Å².